The highest BCUT2D eigenvalue weighted by atomic mass is 16.5. The topological polar surface area (TPSA) is 48.1 Å². The van der Waals surface area contributed by atoms with Crippen LogP contribution in [0.4, 0.5) is 0 Å². The van der Waals surface area contributed by atoms with Gasteiger partial charge < -0.3 is 10.5 Å². The minimum absolute atomic E-state index is 0.432. The molecule has 100 valence electrons. The van der Waals surface area contributed by atoms with E-state index in [2.05, 4.69) is 11.1 Å². The molecule has 0 atom stereocenters. The number of ether oxygens (including phenoxy) is 1. The Hall–Kier alpha value is -2.39. The van der Waals surface area contributed by atoms with Gasteiger partial charge in [-0.2, -0.15) is 0 Å². The van der Waals surface area contributed by atoms with E-state index in [0.717, 1.165) is 33.7 Å². The fourth-order valence-electron chi connectivity index (χ4n) is 2.22. The van der Waals surface area contributed by atoms with Crippen molar-refractivity contribution in [2.45, 2.75) is 13.5 Å². The summed E-state index contributed by atoms with van der Waals surface area (Å²) >= 11 is 0. The van der Waals surface area contributed by atoms with Gasteiger partial charge in [-0.25, -0.2) is 4.98 Å². The molecule has 1 heterocycles. The number of benzene rings is 2. The average Bonchev–Trinajstić information content (AvgIpc) is 2.48. The van der Waals surface area contributed by atoms with Gasteiger partial charge in [0.25, 0.3) is 0 Å². The molecule has 1 aromatic heterocycles. The second-order valence-corrected chi connectivity index (χ2v) is 4.70. The Morgan fingerprint density at radius 3 is 2.60 bits per heavy atom. The lowest BCUT2D eigenvalue weighted by atomic mass is 10.1. The van der Waals surface area contributed by atoms with E-state index in [1.54, 1.807) is 0 Å². The van der Waals surface area contributed by atoms with Crippen molar-refractivity contribution in [3.8, 4) is 11.5 Å². The summed E-state index contributed by atoms with van der Waals surface area (Å²) < 4.78 is 5.93. The lowest BCUT2D eigenvalue weighted by Gasteiger charge is -2.10. The van der Waals surface area contributed by atoms with Gasteiger partial charge in [0.15, 0.2) is 5.75 Å². The molecular formula is C17H16N2O. The van der Waals surface area contributed by atoms with Gasteiger partial charge >= 0.3 is 0 Å². The molecule has 2 aromatic carbocycles. The number of aryl methyl sites for hydroxylation is 1. The molecule has 3 nitrogen and oxygen atoms in total. The van der Waals surface area contributed by atoms with Gasteiger partial charge in [0, 0.05) is 11.9 Å². The van der Waals surface area contributed by atoms with Gasteiger partial charge in [-0.1, -0.05) is 30.3 Å². The largest absolute Gasteiger partial charge is 0.455 e. The average molecular weight is 264 g/mol. The molecule has 3 aromatic rings. The fraction of sp³-hybridized carbons (Fsp3) is 0.118. The molecular weight excluding hydrogens is 248 g/mol. The van der Waals surface area contributed by atoms with Crippen LogP contribution in [0.3, 0.4) is 0 Å². The van der Waals surface area contributed by atoms with E-state index in [9.17, 15) is 0 Å². The van der Waals surface area contributed by atoms with E-state index < -0.39 is 0 Å². The zero-order valence-electron chi connectivity index (χ0n) is 11.3. The summed E-state index contributed by atoms with van der Waals surface area (Å²) in [4.78, 5) is 4.64. The molecule has 0 aliphatic heterocycles. The molecule has 0 aliphatic carbocycles. The summed E-state index contributed by atoms with van der Waals surface area (Å²) in [6.07, 6.45) is 0. The van der Waals surface area contributed by atoms with Crippen LogP contribution in [-0.4, -0.2) is 4.98 Å². The van der Waals surface area contributed by atoms with Crippen LogP contribution in [0.1, 0.15) is 11.3 Å². The predicted octanol–water partition coefficient (Wildman–Crippen LogP) is 3.79. The van der Waals surface area contributed by atoms with Crippen LogP contribution < -0.4 is 10.5 Å². The first-order chi connectivity index (χ1) is 9.78. The summed E-state index contributed by atoms with van der Waals surface area (Å²) in [5, 5.41) is 1.06. The SMILES string of the molecule is Cc1cc2cccc(Oc3ccccc3)c2nc1CN. The monoisotopic (exact) mass is 264 g/mol. The third kappa shape index (κ3) is 2.36. The van der Waals surface area contributed by atoms with Crippen molar-refractivity contribution < 1.29 is 4.74 Å². The maximum absolute atomic E-state index is 5.93. The number of para-hydroxylation sites is 2. The zero-order chi connectivity index (χ0) is 13.9. The molecule has 0 aliphatic rings. The number of aromatic nitrogens is 1. The molecule has 0 fully saturated rings. The number of nitrogens with two attached hydrogens (primary N) is 1. The maximum Gasteiger partial charge on any atom is 0.153 e. The van der Waals surface area contributed by atoms with Crippen molar-refractivity contribution >= 4 is 10.9 Å². The third-order valence-corrected chi connectivity index (χ3v) is 3.27. The first-order valence-electron chi connectivity index (χ1n) is 6.60. The van der Waals surface area contributed by atoms with Gasteiger partial charge in [0.2, 0.25) is 0 Å². The van der Waals surface area contributed by atoms with Crippen molar-refractivity contribution in [2.75, 3.05) is 0 Å². The first kappa shape index (κ1) is 12.6. The van der Waals surface area contributed by atoms with Crippen LogP contribution in [0.15, 0.2) is 54.6 Å². The van der Waals surface area contributed by atoms with Crippen LogP contribution in [0.2, 0.25) is 0 Å². The maximum atomic E-state index is 5.93. The van der Waals surface area contributed by atoms with Crippen LogP contribution in [-0.2, 0) is 6.54 Å². The van der Waals surface area contributed by atoms with Gasteiger partial charge in [0.1, 0.15) is 11.3 Å². The van der Waals surface area contributed by atoms with Crippen molar-refractivity contribution in [3.63, 3.8) is 0 Å². The van der Waals surface area contributed by atoms with Crippen LogP contribution in [0.5, 0.6) is 11.5 Å². The Balaban J connectivity index is 2.11. The highest BCUT2D eigenvalue weighted by molar-refractivity contribution is 5.85. The van der Waals surface area contributed by atoms with Crippen molar-refractivity contribution in [1.29, 1.82) is 0 Å². The quantitative estimate of drug-likeness (QED) is 0.782. The van der Waals surface area contributed by atoms with E-state index in [0.29, 0.717) is 6.54 Å². The minimum atomic E-state index is 0.432. The van der Waals surface area contributed by atoms with Crippen LogP contribution in [0.25, 0.3) is 10.9 Å². The summed E-state index contributed by atoms with van der Waals surface area (Å²) in [5.41, 5.74) is 8.60. The second kappa shape index (κ2) is 5.31. The van der Waals surface area contributed by atoms with Gasteiger partial charge in [0.05, 0.1) is 5.69 Å². The summed E-state index contributed by atoms with van der Waals surface area (Å²) in [5.74, 6) is 1.56. The molecule has 0 saturated heterocycles. The fourth-order valence-corrected chi connectivity index (χ4v) is 2.22. The molecule has 0 saturated carbocycles. The van der Waals surface area contributed by atoms with Gasteiger partial charge in [-0.3, -0.25) is 0 Å². The van der Waals surface area contributed by atoms with Crippen molar-refractivity contribution in [2.24, 2.45) is 5.73 Å². The molecule has 0 amide bonds. The Kier molecular flexibility index (Phi) is 3.35. The van der Waals surface area contributed by atoms with E-state index in [1.807, 2.05) is 55.5 Å². The number of hydrogen-bond acceptors (Lipinski definition) is 3. The van der Waals surface area contributed by atoms with E-state index in [1.165, 1.54) is 0 Å². The summed E-state index contributed by atoms with van der Waals surface area (Å²) in [6, 6.07) is 17.8. The van der Waals surface area contributed by atoms with E-state index >= 15 is 0 Å². The number of hydrogen-bond donors (Lipinski definition) is 1. The van der Waals surface area contributed by atoms with Gasteiger partial charge in [-0.15, -0.1) is 0 Å². The minimum Gasteiger partial charge on any atom is -0.455 e. The normalized spacial score (nSPS) is 10.7. The zero-order valence-corrected chi connectivity index (χ0v) is 11.3. The lowest BCUT2D eigenvalue weighted by Crippen LogP contribution is -2.03. The molecule has 20 heavy (non-hydrogen) atoms. The summed E-state index contributed by atoms with van der Waals surface area (Å²) in [7, 11) is 0. The number of pyridine rings is 1. The summed E-state index contributed by atoms with van der Waals surface area (Å²) in [6.45, 7) is 2.46. The second-order valence-electron chi connectivity index (χ2n) is 4.70. The first-order valence-corrected chi connectivity index (χ1v) is 6.60. The standard InChI is InChI=1S/C17H16N2O/c1-12-10-13-6-5-9-16(17(13)19-15(12)11-18)20-14-7-3-2-4-8-14/h2-10H,11,18H2,1H3. The number of rotatable bonds is 3. The molecule has 0 unspecified atom stereocenters. The number of fused-ring (bicyclic) bond motifs is 1. The molecule has 0 radical (unpaired) electrons. The number of nitrogens with zero attached hydrogens (tertiary/aromatic N) is 1. The molecule has 3 heteroatoms. The Morgan fingerprint density at radius 1 is 1.05 bits per heavy atom. The van der Waals surface area contributed by atoms with Crippen LogP contribution in [0, 0.1) is 6.92 Å². The van der Waals surface area contributed by atoms with E-state index in [4.69, 9.17) is 10.5 Å². The predicted molar refractivity (Wildman–Crippen MR) is 80.9 cm³/mol. The molecule has 3 rings (SSSR count). The highest BCUT2D eigenvalue weighted by Crippen LogP contribution is 2.29. The lowest BCUT2D eigenvalue weighted by molar-refractivity contribution is 0.487. The molecule has 2 N–H and O–H groups in total. The van der Waals surface area contributed by atoms with Crippen molar-refractivity contribution in [1.82, 2.24) is 4.98 Å². The molecule has 0 spiro atoms. The highest BCUT2D eigenvalue weighted by Gasteiger charge is 2.08. The smallest absolute Gasteiger partial charge is 0.153 e. The van der Waals surface area contributed by atoms with Crippen molar-refractivity contribution in [3.05, 3.63) is 65.9 Å². The third-order valence-electron chi connectivity index (χ3n) is 3.27. The molecule has 0 bridgehead atoms. The Morgan fingerprint density at radius 2 is 1.85 bits per heavy atom. The Labute approximate surface area is 118 Å². The van der Waals surface area contributed by atoms with Crippen LogP contribution >= 0.6 is 0 Å². The van der Waals surface area contributed by atoms with Gasteiger partial charge in [-0.05, 0) is 36.8 Å². The van der Waals surface area contributed by atoms with E-state index in [-0.39, 0.29) is 0 Å². The Bertz CT molecular complexity index is 739.